The predicted molar refractivity (Wildman–Crippen MR) is 72.8 cm³/mol. The van der Waals surface area contributed by atoms with Crippen LogP contribution in [0.15, 0.2) is 23.6 Å². The molecule has 2 aromatic rings. The molecule has 19 heavy (non-hydrogen) atoms. The number of nitrogens with zero attached hydrogens (tertiary/aromatic N) is 2. The zero-order valence-electron chi connectivity index (χ0n) is 11.3. The lowest BCUT2D eigenvalue weighted by molar-refractivity contribution is 0.586. The van der Waals surface area contributed by atoms with E-state index in [0.717, 1.165) is 22.5 Å². The lowest BCUT2D eigenvalue weighted by atomic mass is 10.1. The van der Waals surface area contributed by atoms with E-state index in [0.29, 0.717) is 6.42 Å². The summed E-state index contributed by atoms with van der Waals surface area (Å²) in [5.41, 5.74) is 3.55. The van der Waals surface area contributed by atoms with Gasteiger partial charge in [0.05, 0.1) is 5.75 Å². The van der Waals surface area contributed by atoms with Crippen LogP contribution < -0.4 is 0 Å². The molecule has 1 N–H and O–H groups in total. The third-order valence-corrected chi connectivity index (χ3v) is 4.60. The van der Waals surface area contributed by atoms with Crippen LogP contribution in [-0.4, -0.2) is 29.1 Å². The maximum absolute atomic E-state index is 11.8. The lowest BCUT2D eigenvalue weighted by Crippen LogP contribution is -2.13. The van der Waals surface area contributed by atoms with E-state index in [2.05, 4.69) is 15.0 Å². The van der Waals surface area contributed by atoms with Crippen molar-refractivity contribution in [3.8, 4) is 0 Å². The van der Waals surface area contributed by atoms with Crippen molar-refractivity contribution in [3.63, 3.8) is 0 Å². The molecule has 0 amide bonds. The summed E-state index contributed by atoms with van der Waals surface area (Å²) >= 11 is 0. The van der Waals surface area contributed by atoms with E-state index in [9.17, 15) is 8.42 Å². The average Bonchev–Trinajstić information content (AvgIpc) is 2.86. The van der Waals surface area contributed by atoms with Crippen molar-refractivity contribution in [3.05, 3.63) is 41.0 Å². The van der Waals surface area contributed by atoms with Gasteiger partial charge >= 0.3 is 0 Å². The van der Waals surface area contributed by atoms with Crippen LogP contribution in [0.1, 0.15) is 29.4 Å². The van der Waals surface area contributed by atoms with Crippen LogP contribution in [0.2, 0.25) is 0 Å². The highest BCUT2D eigenvalue weighted by atomic mass is 32.2. The molecule has 0 fully saturated rings. The molecule has 0 aliphatic heterocycles. The topological polar surface area (TPSA) is 75.7 Å². The third kappa shape index (κ3) is 2.84. The van der Waals surface area contributed by atoms with Crippen molar-refractivity contribution in [2.75, 3.05) is 5.75 Å². The minimum absolute atomic E-state index is 0.0169. The highest BCUT2D eigenvalue weighted by Crippen LogP contribution is 2.17. The maximum atomic E-state index is 11.8. The van der Waals surface area contributed by atoms with Gasteiger partial charge in [0.1, 0.15) is 0 Å². The Balaban J connectivity index is 2.43. The second kappa shape index (κ2) is 5.13. The van der Waals surface area contributed by atoms with Crippen LogP contribution in [0.25, 0.3) is 0 Å². The first kappa shape index (κ1) is 13.7. The Labute approximate surface area is 113 Å². The van der Waals surface area contributed by atoms with Gasteiger partial charge in [0.2, 0.25) is 15.0 Å². The van der Waals surface area contributed by atoms with Gasteiger partial charge in [-0.15, -0.1) is 0 Å². The van der Waals surface area contributed by atoms with E-state index in [1.54, 1.807) is 6.92 Å². The second-order valence-corrected chi connectivity index (χ2v) is 6.63. The first-order chi connectivity index (χ1) is 8.94. The summed E-state index contributed by atoms with van der Waals surface area (Å²) < 4.78 is 23.6. The van der Waals surface area contributed by atoms with E-state index in [-0.39, 0.29) is 10.9 Å². The third-order valence-electron chi connectivity index (χ3n) is 3.10. The first-order valence-corrected chi connectivity index (χ1v) is 7.78. The number of aryl methyl sites for hydroxylation is 2. The molecule has 0 aliphatic carbocycles. The first-order valence-electron chi connectivity index (χ1n) is 6.12. The maximum Gasteiger partial charge on any atom is 0.247 e. The highest BCUT2D eigenvalue weighted by molar-refractivity contribution is 7.91. The Morgan fingerprint density at radius 1 is 1.21 bits per heavy atom. The van der Waals surface area contributed by atoms with Crippen molar-refractivity contribution < 1.29 is 8.42 Å². The molecule has 0 aromatic carbocycles. The summed E-state index contributed by atoms with van der Waals surface area (Å²) in [7, 11) is -3.35. The minimum atomic E-state index is -3.35. The smallest absolute Gasteiger partial charge is 0.247 e. The fourth-order valence-electron chi connectivity index (χ4n) is 1.91. The number of rotatable bonds is 4. The van der Waals surface area contributed by atoms with Crippen LogP contribution in [-0.2, 0) is 16.3 Å². The van der Waals surface area contributed by atoms with Gasteiger partial charge < -0.3 is 4.98 Å². The summed E-state index contributed by atoms with van der Waals surface area (Å²) in [5.74, 6) is 0.0169. The van der Waals surface area contributed by atoms with Gasteiger partial charge in [0.25, 0.3) is 0 Å². The molecule has 0 unspecified atom stereocenters. The van der Waals surface area contributed by atoms with Crippen LogP contribution >= 0.6 is 0 Å². The Bertz CT molecular complexity index is 653. The van der Waals surface area contributed by atoms with Gasteiger partial charge in [0, 0.05) is 30.2 Å². The van der Waals surface area contributed by atoms with Crippen LogP contribution in [0.3, 0.4) is 0 Å². The van der Waals surface area contributed by atoms with Gasteiger partial charge in [-0.05, 0) is 31.0 Å². The number of hydrogen-bond donors (Lipinski definition) is 1. The zero-order chi connectivity index (χ0) is 14.0. The van der Waals surface area contributed by atoms with Gasteiger partial charge in [-0.25, -0.2) is 18.4 Å². The standard InChI is InChI=1S/C13H17N3O2S/c1-4-19(17,18)13-15-9(2)12(10(3)16-13)7-11-5-6-14-8-11/h5-6,8,14H,4,7H2,1-3H3. The molecule has 0 aliphatic rings. The highest BCUT2D eigenvalue weighted by Gasteiger charge is 2.18. The van der Waals surface area contributed by atoms with Gasteiger partial charge in [-0.1, -0.05) is 6.92 Å². The molecule has 5 nitrogen and oxygen atoms in total. The monoisotopic (exact) mass is 279 g/mol. The number of sulfone groups is 1. The van der Waals surface area contributed by atoms with Crippen molar-refractivity contribution in [2.24, 2.45) is 0 Å². The summed E-state index contributed by atoms with van der Waals surface area (Å²) in [6.45, 7) is 5.24. The molecule has 102 valence electrons. The molecule has 2 aromatic heterocycles. The summed E-state index contributed by atoms with van der Waals surface area (Å²) in [6, 6.07) is 1.98. The number of nitrogens with one attached hydrogen (secondary N) is 1. The second-order valence-electron chi connectivity index (χ2n) is 4.46. The van der Waals surface area contributed by atoms with Crippen LogP contribution in [0.5, 0.6) is 0 Å². The van der Waals surface area contributed by atoms with Gasteiger partial charge in [-0.2, -0.15) is 0 Å². The molecule has 0 radical (unpaired) electrons. The van der Waals surface area contributed by atoms with Crippen LogP contribution in [0.4, 0.5) is 0 Å². The summed E-state index contributed by atoms with van der Waals surface area (Å²) in [6.07, 6.45) is 4.47. The molecule has 2 heterocycles. The van der Waals surface area contributed by atoms with Gasteiger partial charge in [-0.3, -0.25) is 0 Å². The fourth-order valence-corrected chi connectivity index (χ4v) is 2.72. The van der Waals surface area contributed by atoms with E-state index < -0.39 is 9.84 Å². The number of hydrogen-bond acceptors (Lipinski definition) is 4. The van der Waals surface area contributed by atoms with Crippen LogP contribution in [0, 0.1) is 13.8 Å². The largest absolute Gasteiger partial charge is 0.367 e. The normalized spacial score (nSPS) is 11.7. The fraction of sp³-hybridized carbons (Fsp3) is 0.385. The molecular weight excluding hydrogens is 262 g/mol. The molecule has 0 spiro atoms. The van der Waals surface area contributed by atoms with Crippen molar-refractivity contribution in [2.45, 2.75) is 32.3 Å². The number of H-pyrrole nitrogens is 1. The Hall–Kier alpha value is -1.69. The van der Waals surface area contributed by atoms with E-state index in [1.165, 1.54) is 0 Å². The number of aromatic nitrogens is 3. The SMILES string of the molecule is CCS(=O)(=O)c1nc(C)c(Cc2cc[nH]c2)c(C)n1. The van der Waals surface area contributed by atoms with E-state index in [4.69, 9.17) is 0 Å². The van der Waals surface area contributed by atoms with Crippen molar-refractivity contribution >= 4 is 9.84 Å². The quantitative estimate of drug-likeness (QED) is 0.866. The molecule has 0 atom stereocenters. The van der Waals surface area contributed by atoms with Crippen molar-refractivity contribution in [1.29, 1.82) is 0 Å². The molecule has 2 rings (SSSR count). The predicted octanol–water partition coefficient (Wildman–Crippen LogP) is 1.81. The molecule has 0 saturated heterocycles. The summed E-state index contributed by atoms with van der Waals surface area (Å²) in [5, 5.41) is -0.0668. The molecule has 0 saturated carbocycles. The lowest BCUT2D eigenvalue weighted by Gasteiger charge is -2.10. The van der Waals surface area contributed by atoms with E-state index >= 15 is 0 Å². The Kier molecular flexibility index (Phi) is 3.71. The number of aromatic amines is 1. The molecular formula is C13H17N3O2S. The van der Waals surface area contributed by atoms with Crippen molar-refractivity contribution in [1.82, 2.24) is 15.0 Å². The Morgan fingerprint density at radius 2 is 1.84 bits per heavy atom. The Morgan fingerprint density at radius 3 is 2.32 bits per heavy atom. The summed E-state index contributed by atoms with van der Waals surface area (Å²) in [4.78, 5) is 11.3. The zero-order valence-corrected chi connectivity index (χ0v) is 12.1. The van der Waals surface area contributed by atoms with Gasteiger partial charge in [0.15, 0.2) is 0 Å². The minimum Gasteiger partial charge on any atom is -0.367 e. The van der Waals surface area contributed by atoms with E-state index in [1.807, 2.05) is 32.3 Å². The molecule has 6 heteroatoms. The average molecular weight is 279 g/mol. The molecule has 0 bridgehead atoms.